The molecule has 0 radical (unpaired) electrons. The summed E-state index contributed by atoms with van der Waals surface area (Å²) in [5.41, 5.74) is 8.89. The molecule has 1 aromatic rings. The van der Waals surface area contributed by atoms with Crippen LogP contribution in [-0.2, 0) is 0 Å². The molecule has 2 saturated heterocycles. The number of rotatable bonds is 2. The van der Waals surface area contributed by atoms with Crippen LogP contribution in [0.2, 0.25) is 0 Å². The van der Waals surface area contributed by atoms with E-state index in [0.29, 0.717) is 18.1 Å². The van der Waals surface area contributed by atoms with Gasteiger partial charge in [0.2, 0.25) is 0 Å². The lowest BCUT2D eigenvalue weighted by molar-refractivity contribution is 0.271. The Balaban J connectivity index is 1.92. The van der Waals surface area contributed by atoms with Crippen LogP contribution in [0.1, 0.15) is 37.7 Å². The van der Waals surface area contributed by atoms with Crippen LogP contribution in [0.5, 0.6) is 5.75 Å². The van der Waals surface area contributed by atoms with Gasteiger partial charge >= 0.3 is 0 Å². The predicted molar refractivity (Wildman–Crippen MR) is 78.8 cm³/mol. The van der Waals surface area contributed by atoms with Crippen LogP contribution < -0.4 is 15.4 Å². The van der Waals surface area contributed by atoms with Gasteiger partial charge in [0.1, 0.15) is 5.75 Å². The summed E-state index contributed by atoms with van der Waals surface area (Å²) in [6.07, 6.45) is 6.21. The number of hydrogen-bond acceptors (Lipinski definition) is 3. The Hall–Kier alpha value is -1.22. The van der Waals surface area contributed by atoms with Crippen molar-refractivity contribution in [3.8, 4) is 5.75 Å². The Bertz CT molecular complexity index is 446. The minimum Gasteiger partial charge on any atom is -0.497 e. The van der Waals surface area contributed by atoms with Crippen molar-refractivity contribution in [2.75, 3.05) is 12.0 Å². The molecular weight excluding hydrogens is 236 g/mol. The van der Waals surface area contributed by atoms with E-state index in [-0.39, 0.29) is 0 Å². The lowest BCUT2D eigenvalue weighted by Gasteiger charge is -2.50. The van der Waals surface area contributed by atoms with Gasteiger partial charge in [0, 0.05) is 23.8 Å². The maximum Gasteiger partial charge on any atom is 0.119 e. The zero-order chi connectivity index (χ0) is 13.4. The Morgan fingerprint density at radius 3 is 2.47 bits per heavy atom. The monoisotopic (exact) mass is 260 g/mol. The van der Waals surface area contributed by atoms with Crippen LogP contribution in [0, 0.1) is 6.92 Å². The summed E-state index contributed by atoms with van der Waals surface area (Å²) in [4.78, 5) is 2.64. The molecule has 2 atom stereocenters. The molecule has 0 saturated carbocycles. The quantitative estimate of drug-likeness (QED) is 0.888. The average molecular weight is 260 g/mol. The number of methoxy groups -OCH3 is 1. The Morgan fingerprint density at radius 2 is 1.89 bits per heavy atom. The van der Waals surface area contributed by atoms with Crippen molar-refractivity contribution in [3.63, 3.8) is 0 Å². The van der Waals surface area contributed by atoms with Crippen LogP contribution in [-0.4, -0.2) is 25.2 Å². The molecule has 0 aromatic heterocycles. The molecule has 2 heterocycles. The van der Waals surface area contributed by atoms with E-state index in [4.69, 9.17) is 10.5 Å². The molecule has 104 valence electrons. The van der Waals surface area contributed by atoms with E-state index in [1.54, 1.807) is 7.11 Å². The summed E-state index contributed by atoms with van der Waals surface area (Å²) in [7, 11) is 1.73. The summed E-state index contributed by atoms with van der Waals surface area (Å²) in [5, 5.41) is 0. The van der Waals surface area contributed by atoms with Crippen LogP contribution in [0.4, 0.5) is 5.69 Å². The van der Waals surface area contributed by atoms with E-state index in [9.17, 15) is 0 Å². The minimum atomic E-state index is 0.394. The smallest absolute Gasteiger partial charge is 0.119 e. The first-order valence-electron chi connectivity index (χ1n) is 7.37. The van der Waals surface area contributed by atoms with Gasteiger partial charge in [-0.05, 0) is 62.8 Å². The highest BCUT2D eigenvalue weighted by Gasteiger charge is 2.37. The van der Waals surface area contributed by atoms with E-state index < -0.39 is 0 Å². The normalized spacial score (nSPS) is 30.3. The number of aryl methyl sites for hydroxylation is 1. The molecule has 3 heteroatoms. The minimum absolute atomic E-state index is 0.394. The van der Waals surface area contributed by atoms with Gasteiger partial charge < -0.3 is 15.4 Å². The SMILES string of the molecule is COc1ccc(N2C3CCCC2CC(N)C3)c(C)c1. The molecule has 1 aromatic carbocycles. The van der Waals surface area contributed by atoms with E-state index in [1.807, 2.05) is 0 Å². The third kappa shape index (κ3) is 2.32. The van der Waals surface area contributed by atoms with Gasteiger partial charge in [-0.15, -0.1) is 0 Å². The second-order valence-electron chi connectivity index (χ2n) is 6.03. The molecule has 2 unspecified atom stereocenters. The fourth-order valence-corrected chi connectivity index (χ4v) is 3.86. The third-order valence-corrected chi connectivity index (χ3v) is 4.69. The highest BCUT2D eigenvalue weighted by molar-refractivity contribution is 5.58. The first kappa shape index (κ1) is 12.8. The average Bonchev–Trinajstić information content (AvgIpc) is 2.38. The van der Waals surface area contributed by atoms with Crippen LogP contribution >= 0.6 is 0 Å². The Kier molecular flexibility index (Phi) is 3.40. The number of anilines is 1. The number of benzene rings is 1. The second-order valence-corrected chi connectivity index (χ2v) is 6.03. The molecule has 0 spiro atoms. The zero-order valence-corrected chi connectivity index (χ0v) is 11.9. The van der Waals surface area contributed by atoms with E-state index >= 15 is 0 Å². The first-order valence-corrected chi connectivity index (χ1v) is 7.37. The lowest BCUT2D eigenvalue weighted by atomic mass is 9.81. The summed E-state index contributed by atoms with van der Waals surface area (Å²) < 4.78 is 5.31. The van der Waals surface area contributed by atoms with Gasteiger partial charge in [0.05, 0.1) is 7.11 Å². The van der Waals surface area contributed by atoms with Gasteiger partial charge in [-0.2, -0.15) is 0 Å². The van der Waals surface area contributed by atoms with Crippen molar-refractivity contribution in [1.29, 1.82) is 0 Å². The molecule has 3 rings (SSSR count). The zero-order valence-electron chi connectivity index (χ0n) is 11.9. The fourth-order valence-electron chi connectivity index (χ4n) is 3.86. The van der Waals surface area contributed by atoms with E-state index in [0.717, 1.165) is 18.6 Å². The standard InChI is InChI=1S/C16H24N2O/c1-11-8-15(19-2)6-7-16(11)18-13-4-3-5-14(18)10-12(17)9-13/h6-8,12-14H,3-5,9-10,17H2,1-2H3. The molecule has 0 amide bonds. The highest BCUT2D eigenvalue weighted by Crippen LogP contribution is 2.39. The molecule has 2 fully saturated rings. The number of nitrogens with zero attached hydrogens (tertiary/aromatic N) is 1. The fraction of sp³-hybridized carbons (Fsp3) is 0.625. The van der Waals surface area contributed by atoms with E-state index in [1.165, 1.54) is 30.5 Å². The summed E-state index contributed by atoms with van der Waals surface area (Å²) in [6.45, 7) is 2.18. The second kappa shape index (κ2) is 5.04. The highest BCUT2D eigenvalue weighted by atomic mass is 16.5. The molecule has 0 aliphatic carbocycles. The van der Waals surface area contributed by atoms with Gasteiger partial charge in [0.25, 0.3) is 0 Å². The predicted octanol–water partition coefficient (Wildman–Crippen LogP) is 2.85. The molecule has 3 nitrogen and oxygen atoms in total. The molecule has 2 aliphatic heterocycles. The van der Waals surface area contributed by atoms with Crippen molar-refractivity contribution >= 4 is 5.69 Å². The topological polar surface area (TPSA) is 38.5 Å². The summed E-state index contributed by atoms with van der Waals surface area (Å²) in [6, 6.07) is 8.09. The number of ether oxygens (including phenoxy) is 1. The number of nitrogens with two attached hydrogens (primary N) is 1. The van der Waals surface area contributed by atoms with E-state index in [2.05, 4.69) is 30.0 Å². The summed E-state index contributed by atoms with van der Waals surface area (Å²) in [5.74, 6) is 0.945. The maximum absolute atomic E-state index is 6.20. The van der Waals surface area contributed by atoms with Crippen LogP contribution in [0.15, 0.2) is 18.2 Å². The third-order valence-electron chi connectivity index (χ3n) is 4.69. The van der Waals surface area contributed by atoms with Crippen molar-refractivity contribution in [3.05, 3.63) is 23.8 Å². The van der Waals surface area contributed by atoms with Gasteiger partial charge in [0.15, 0.2) is 0 Å². The van der Waals surface area contributed by atoms with Gasteiger partial charge in [-0.25, -0.2) is 0 Å². The summed E-state index contributed by atoms with van der Waals surface area (Å²) >= 11 is 0. The molecule has 2 N–H and O–H groups in total. The van der Waals surface area contributed by atoms with Gasteiger partial charge in [-0.3, -0.25) is 0 Å². The molecule has 2 aliphatic rings. The molecular formula is C16H24N2O. The Morgan fingerprint density at radius 1 is 1.21 bits per heavy atom. The molecule has 2 bridgehead atoms. The molecule has 19 heavy (non-hydrogen) atoms. The van der Waals surface area contributed by atoms with Crippen molar-refractivity contribution in [2.45, 2.75) is 57.2 Å². The first-order chi connectivity index (χ1) is 9.19. The van der Waals surface area contributed by atoms with Crippen LogP contribution in [0.25, 0.3) is 0 Å². The van der Waals surface area contributed by atoms with Crippen molar-refractivity contribution in [2.24, 2.45) is 5.73 Å². The maximum atomic E-state index is 6.20. The Labute approximate surface area is 115 Å². The van der Waals surface area contributed by atoms with Crippen molar-refractivity contribution < 1.29 is 4.74 Å². The van der Waals surface area contributed by atoms with Gasteiger partial charge in [-0.1, -0.05) is 0 Å². The lowest BCUT2D eigenvalue weighted by Crippen LogP contribution is -2.55. The number of piperidine rings is 2. The van der Waals surface area contributed by atoms with Crippen LogP contribution in [0.3, 0.4) is 0 Å². The number of fused-ring (bicyclic) bond motifs is 2. The largest absolute Gasteiger partial charge is 0.497 e. The number of hydrogen-bond donors (Lipinski definition) is 1. The van der Waals surface area contributed by atoms with Crippen molar-refractivity contribution in [1.82, 2.24) is 0 Å².